The van der Waals surface area contributed by atoms with Crippen molar-refractivity contribution in [1.82, 2.24) is 0 Å². The number of hydrogen-bond acceptors (Lipinski definition) is 1. The van der Waals surface area contributed by atoms with Gasteiger partial charge in [0.1, 0.15) is 0 Å². The summed E-state index contributed by atoms with van der Waals surface area (Å²) >= 11 is 0. The van der Waals surface area contributed by atoms with Gasteiger partial charge in [0.2, 0.25) is 0 Å². The molecule has 0 saturated heterocycles. The van der Waals surface area contributed by atoms with Crippen LogP contribution in [0.4, 0.5) is 0 Å². The van der Waals surface area contributed by atoms with Gasteiger partial charge in [-0.3, -0.25) is 12.2 Å². The summed E-state index contributed by atoms with van der Waals surface area (Å²) in [6.45, 7) is 0. The molecule has 0 spiro atoms. The molecule has 1 rings (SSSR count). The van der Waals surface area contributed by atoms with Crippen molar-refractivity contribution in [3.63, 3.8) is 0 Å². The Kier molecular flexibility index (Phi) is 7.14. The van der Waals surface area contributed by atoms with E-state index in [0.29, 0.717) is 6.29 Å². The first kappa shape index (κ1) is 12.1. The van der Waals surface area contributed by atoms with Gasteiger partial charge >= 0.3 is 21.1 Å². The van der Waals surface area contributed by atoms with Gasteiger partial charge in [0.25, 0.3) is 0 Å². The zero-order chi connectivity index (χ0) is 8.65. The molecule has 1 aromatic carbocycles. The van der Waals surface area contributed by atoms with Gasteiger partial charge in [0, 0.05) is 6.29 Å². The van der Waals surface area contributed by atoms with Crippen molar-refractivity contribution < 1.29 is 25.9 Å². The summed E-state index contributed by atoms with van der Waals surface area (Å²) in [5, 5.41) is 0. The largest absolute Gasteiger partial charge is 2.00 e. The first-order valence-corrected chi connectivity index (χ1v) is 3.60. The average Bonchev–Trinajstić information content (AvgIpc) is 2.14. The SMILES string of the molecule is O=C[C-]=CC=[C-]c1ccccc1.[W+2]. The Balaban J connectivity index is 0.00000144. The molecule has 0 heterocycles. The third-order valence-corrected chi connectivity index (χ3v) is 1.27. The fourth-order valence-electron chi connectivity index (χ4n) is 0.760. The quantitative estimate of drug-likeness (QED) is 0.356. The normalized spacial score (nSPS) is 10.2. The fourth-order valence-corrected chi connectivity index (χ4v) is 0.760. The van der Waals surface area contributed by atoms with Gasteiger partial charge in [-0.25, -0.2) is 6.08 Å². The van der Waals surface area contributed by atoms with E-state index in [9.17, 15) is 4.79 Å². The van der Waals surface area contributed by atoms with E-state index in [1.165, 1.54) is 6.08 Å². The van der Waals surface area contributed by atoms with Crippen LogP contribution in [0.25, 0.3) is 0 Å². The number of hydrogen-bond donors (Lipinski definition) is 0. The molecular weight excluding hydrogens is 332 g/mol. The first-order chi connectivity index (χ1) is 5.93. The van der Waals surface area contributed by atoms with Crippen molar-refractivity contribution in [2.45, 2.75) is 0 Å². The second-order valence-corrected chi connectivity index (χ2v) is 2.13. The van der Waals surface area contributed by atoms with Crippen molar-refractivity contribution in [3.05, 3.63) is 60.2 Å². The smallest absolute Gasteiger partial charge is 0.321 e. The number of carbonyl (C=O) groups is 1. The van der Waals surface area contributed by atoms with Crippen molar-refractivity contribution in [2.24, 2.45) is 0 Å². The van der Waals surface area contributed by atoms with Gasteiger partial charge in [0.15, 0.2) is 0 Å². The number of benzene rings is 1. The maximum absolute atomic E-state index is 9.83. The topological polar surface area (TPSA) is 17.1 Å². The summed E-state index contributed by atoms with van der Waals surface area (Å²) in [4.78, 5) is 9.83. The molecule has 1 aromatic rings. The molecule has 2 heteroatoms. The molecule has 0 fully saturated rings. The Labute approximate surface area is 92.4 Å². The summed E-state index contributed by atoms with van der Waals surface area (Å²) in [6, 6.07) is 9.68. The Morgan fingerprint density at radius 2 is 1.77 bits per heavy atom. The third kappa shape index (κ3) is 5.32. The van der Waals surface area contributed by atoms with Gasteiger partial charge in [-0.2, -0.15) is 5.56 Å². The van der Waals surface area contributed by atoms with Gasteiger partial charge in [-0.1, -0.05) is 6.07 Å². The van der Waals surface area contributed by atoms with Gasteiger partial charge in [0.05, 0.1) is 0 Å². The van der Waals surface area contributed by atoms with E-state index in [1.807, 2.05) is 30.3 Å². The molecule has 0 aromatic heterocycles. The van der Waals surface area contributed by atoms with Crippen molar-refractivity contribution in [1.29, 1.82) is 0 Å². The zero-order valence-electron chi connectivity index (χ0n) is 6.94. The number of rotatable bonds is 3. The van der Waals surface area contributed by atoms with Crippen molar-refractivity contribution in [2.75, 3.05) is 0 Å². The second-order valence-electron chi connectivity index (χ2n) is 2.13. The molecule has 64 valence electrons. The second kappa shape index (κ2) is 7.69. The molecule has 0 bridgehead atoms. The molecule has 0 atom stereocenters. The van der Waals surface area contributed by atoms with Crippen LogP contribution in [0.1, 0.15) is 5.56 Å². The molecule has 0 N–H and O–H groups in total. The van der Waals surface area contributed by atoms with E-state index in [2.05, 4.69) is 12.2 Å². The maximum atomic E-state index is 9.83. The van der Waals surface area contributed by atoms with Crippen LogP contribution in [0.15, 0.2) is 42.5 Å². The minimum atomic E-state index is 0. The Hall–Kier alpha value is -0.942. The van der Waals surface area contributed by atoms with Crippen LogP contribution >= 0.6 is 0 Å². The average molecular weight is 340 g/mol. The van der Waals surface area contributed by atoms with E-state index < -0.39 is 0 Å². The Morgan fingerprint density at radius 1 is 1.08 bits per heavy atom. The predicted octanol–water partition coefficient (Wildman–Crippen LogP) is 1.95. The van der Waals surface area contributed by atoms with Crippen LogP contribution < -0.4 is 0 Å². The van der Waals surface area contributed by atoms with Gasteiger partial charge < -0.3 is 10.9 Å². The molecule has 0 saturated carbocycles. The maximum Gasteiger partial charge on any atom is 2.00 e. The minimum Gasteiger partial charge on any atom is -0.321 e. The van der Waals surface area contributed by atoms with Crippen LogP contribution in [0.2, 0.25) is 0 Å². The van der Waals surface area contributed by atoms with Crippen molar-refractivity contribution in [3.8, 4) is 0 Å². The number of carbonyl (C=O) groups excluding carboxylic acids is 1. The summed E-state index contributed by atoms with van der Waals surface area (Å²) in [5.74, 6) is 0. The van der Waals surface area contributed by atoms with E-state index in [1.54, 1.807) is 6.08 Å². The minimum absolute atomic E-state index is 0. The van der Waals surface area contributed by atoms with Gasteiger partial charge in [-0.15, -0.1) is 24.3 Å². The van der Waals surface area contributed by atoms with E-state index in [4.69, 9.17) is 0 Å². The molecule has 0 aliphatic heterocycles. The van der Waals surface area contributed by atoms with Crippen LogP contribution in [0.3, 0.4) is 0 Å². The van der Waals surface area contributed by atoms with Crippen LogP contribution in [-0.4, -0.2) is 6.29 Å². The molecule has 13 heavy (non-hydrogen) atoms. The molecule has 1 nitrogen and oxygen atoms in total. The van der Waals surface area contributed by atoms with Crippen LogP contribution in [0.5, 0.6) is 0 Å². The third-order valence-electron chi connectivity index (χ3n) is 1.27. The summed E-state index contributed by atoms with van der Waals surface area (Å²) in [6.07, 6.45) is 9.17. The molecule has 0 radical (unpaired) electrons. The van der Waals surface area contributed by atoms with E-state index in [0.717, 1.165) is 5.56 Å². The standard InChI is InChI=1S/C11H8O.W/c12-10-6-2-5-9-11-7-3-1-4-8-11;/h1-5,7-8,10H;/q-2;+2. The van der Waals surface area contributed by atoms with Gasteiger partial charge in [-0.05, 0) is 0 Å². The molecule has 0 unspecified atom stereocenters. The van der Waals surface area contributed by atoms with Crippen LogP contribution in [0, 0.1) is 12.2 Å². The Morgan fingerprint density at radius 3 is 2.38 bits per heavy atom. The van der Waals surface area contributed by atoms with E-state index in [-0.39, 0.29) is 21.1 Å². The van der Waals surface area contributed by atoms with Crippen LogP contribution in [-0.2, 0) is 25.9 Å². The van der Waals surface area contributed by atoms with Crippen molar-refractivity contribution >= 4 is 6.29 Å². The summed E-state index contributed by atoms with van der Waals surface area (Å²) < 4.78 is 0. The number of aldehydes is 1. The Bertz CT molecular complexity index is 288. The molecule has 0 amide bonds. The predicted molar refractivity (Wildman–Crippen MR) is 47.2 cm³/mol. The number of allylic oxidation sites excluding steroid dienone is 3. The molecule has 0 aliphatic carbocycles. The fraction of sp³-hybridized carbons (Fsp3) is 0. The molecule has 0 aliphatic rings. The molecular formula is C11H8OW. The van der Waals surface area contributed by atoms with E-state index >= 15 is 0 Å². The summed E-state index contributed by atoms with van der Waals surface area (Å²) in [5.41, 5.74) is 0.987. The summed E-state index contributed by atoms with van der Waals surface area (Å²) in [7, 11) is 0. The monoisotopic (exact) mass is 340 g/mol. The first-order valence-electron chi connectivity index (χ1n) is 3.60. The zero-order valence-corrected chi connectivity index (χ0v) is 9.87.